The predicted molar refractivity (Wildman–Crippen MR) is 134 cm³/mol. The Morgan fingerprint density at radius 1 is 1.16 bits per heavy atom. The Labute approximate surface area is 217 Å². The molecule has 0 radical (unpaired) electrons. The largest absolute Gasteiger partial charge is 0.483 e. The topological polar surface area (TPSA) is 89.9 Å². The van der Waals surface area contributed by atoms with Gasteiger partial charge in [0.05, 0.1) is 19.2 Å². The fourth-order valence-electron chi connectivity index (χ4n) is 4.77. The number of rotatable bonds is 7. The number of ether oxygens (including phenoxy) is 2. The van der Waals surface area contributed by atoms with E-state index in [1.807, 2.05) is 44.2 Å². The zero-order chi connectivity index (χ0) is 27.0. The summed E-state index contributed by atoms with van der Waals surface area (Å²) in [5.41, 5.74) is -0.128. The van der Waals surface area contributed by atoms with Crippen LogP contribution in [0.2, 0.25) is 0 Å². The molecule has 0 bridgehead atoms. The summed E-state index contributed by atoms with van der Waals surface area (Å²) in [5, 5.41) is 2.51. The molecule has 3 heterocycles. The monoisotopic (exact) mass is 523 g/mol. The maximum absolute atomic E-state index is 14.1. The van der Waals surface area contributed by atoms with E-state index in [4.69, 9.17) is 9.47 Å². The molecule has 2 amide bonds. The van der Waals surface area contributed by atoms with Gasteiger partial charge >= 0.3 is 0 Å². The van der Waals surface area contributed by atoms with Crippen LogP contribution < -0.4 is 15.5 Å². The van der Waals surface area contributed by atoms with Crippen LogP contribution in [-0.2, 0) is 24.4 Å². The summed E-state index contributed by atoms with van der Waals surface area (Å²) in [5.74, 6) is -2.83. The molecule has 2 atom stereocenters. The summed E-state index contributed by atoms with van der Waals surface area (Å²) in [7, 11) is 0. The van der Waals surface area contributed by atoms with Crippen molar-refractivity contribution in [2.75, 3.05) is 6.61 Å². The van der Waals surface area contributed by atoms with E-state index in [2.05, 4.69) is 5.32 Å². The predicted octanol–water partition coefficient (Wildman–Crippen LogP) is 3.47. The molecular weight excluding hydrogens is 496 g/mol. The molecular formula is C28H27F2N3O5. The van der Waals surface area contributed by atoms with Gasteiger partial charge in [-0.2, -0.15) is 0 Å². The van der Waals surface area contributed by atoms with Crippen LogP contribution in [0.15, 0.2) is 59.5 Å². The minimum Gasteiger partial charge on any atom is -0.483 e. The summed E-state index contributed by atoms with van der Waals surface area (Å²) in [6, 6.07) is 12.0. The molecule has 10 heteroatoms. The van der Waals surface area contributed by atoms with E-state index in [0.717, 1.165) is 11.6 Å². The molecule has 0 aliphatic carbocycles. The van der Waals surface area contributed by atoms with Crippen molar-refractivity contribution in [1.82, 2.24) is 14.8 Å². The van der Waals surface area contributed by atoms with Crippen LogP contribution in [0.5, 0.6) is 5.75 Å². The maximum Gasteiger partial charge on any atom is 0.276 e. The molecule has 2 aliphatic rings. The normalized spacial score (nSPS) is 18.3. The molecule has 0 spiro atoms. The third kappa shape index (κ3) is 4.79. The number of nitrogens with one attached hydrogen (secondary N) is 1. The van der Waals surface area contributed by atoms with Crippen molar-refractivity contribution in [2.45, 2.75) is 45.8 Å². The van der Waals surface area contributed by atoms with E-state index in [0.29, 0.717) is 12.7 Å². The Kier molecular flexibility index (Phi) is 6.98. The fraction of sp³-hybridized carbons (Fsp3) is 0.321. The average molecular weight is 524 g/mol. The zero-order valence-electron chi connectivity index (χ0n) is 20.9. The van der Waals surface area contributed by atoms with E-state index in [1.54, 1.807) is 4.90 Å². The second-order valence-corrected chi connectivity index (χ2v) is 9.71. The second-order valence-electron chi connectivity index (χ2n) is 9.71. The van der Waals surface area contributed by atoms with Gasteiger partial charge in [0.15, 0.2) is 17.7 Å². The number of hydrogen-bond donors (Lipinski definition) is 1. The first-order valence-corrected chi connectivity index (χ1v) is 12.3. The summed E-state index contributed by atoms with van der Waals surface area (Å²) in [6.45, 7) is 4.31. The van der Waals surface area contributed by atoms with E-state index >= 15 is 0 Å². The lowest BCUT2D eigenvalue weighted by atomic mass is 10.0. The zero-order valence-corrected chi connectivity index (χ0v) is 20.9. The van der Waals surface area contributed by atoms with Gasteiger partial charge in [0, 0.05) is 24.4 Å². The van der Waals surface area contributed by atoms with Gasteiger partial charge in [0.2, 0.25) is 5.43 Å². The van der Waals surface area contributed by atoms with E-state index in [1.165, 1.54) is 16.8 Å². The second kappa shape index (κ2) is 10.4. The molecule has 1 saturated heterocycles. The lowest BCUT2D eigenvalue weighted by Gasteiger charge is -2.36. The molecule has 2 aliphatic heterocycles. The first kappa shape index (κ1) is 25.6. The number of nitrogens with zero attached hydrogens (tertiary/aromatic N) is 2. The van der Waals surface area contributed by atoms with Gasteiger partial charge < -0.3 is 24.3 Å². The minimum absolute atomic E-state index is 0.00968. The van der Waals surface area contributed by atoms with Crippen molar-refractivity contribution in [3.8, 4) is 5.75 Å². The highest BCUT2D eigenvalue weighted by Gasteiger charge is 2.45. The van der Waals surface area contributed by atoms with Crippen LogP contribution in [0.3, 0.4) is 0 Å². The van der Waals surface area contributed by atoms with Crippen molar-refractivity contribution in [3.05, 3.63) is 99.0 Å². The van der Waals surface area contributed by atoms with Gasteiger partial charge in [0.25, 0.3) is 11.8 Å². The number of benzene rings is 2. The van der Waals surface area contributed by atoms with Crippen LogP contribution in [0.25, 0.3) is 0 Å². The van der Waals surface area contributed by atoms with Crippen molar-refractivity contribution < 1.29 is 27.8 Å². The van der Waals surface area contributed by atoms with E-state index in [9.17, 15) is 23.2 Å². The molecule has 0 unspecified atom stereocenters. The van der Waals surface area contributed by atoms with Gasteiger partial charge in [0.1, 0.15) is 23.8 Å². The molecule has 198 valence electrons. The Bertz CT molecular complexity index is 1440. The number of halogens is 2. The van der Waals surface area contributed by atoms with Crippen LogP contribution in [0.4, 0.5) is 8.78 Å². The van der Waals surface area contributed by atoms with Crippen LogP contribution in [-0.4, -0.2) is 40.2 Å². The number of amides is 2. The van der Waals surface area contributed by atoms with Gasteiger partial charge in [-0.15, -0.1) is 0 Å². The maximum atomic E-state index is 14.1. The molecule has 3 aromatic rings. The van der Waals surface area contributed by atoms with Crippen molar-refractivity contribution in [2.24, 2.45) is 5.92 Å². The minimum atomic E-state index is -0.817. The summed E-state index contributed by atoms with van der Waals surface area (Å²) >= 11 is 0. The Morgan fingerprint density at radius 2 is 1.92 bits per heavy atom. The Balaban J connectivity index is 1.51. The molecule has 1 N–H and O–H groups in total. The first-order valence-electron chi connectivity index (χ1n) is 12.3. The third-order valence-electron chi connectivity index (χ3n) is 6.85. The lowest BCUT2D eigenvalue weighted by molar-refractivity contribution is 0.00407. The van der Waals surface area contributed by atoms with Crippen LogP contribution >= 0.6 is 0 Å². The molecule has 0 saturated carbocycles. The van der Waals surface area contributed by atoms with Crippen LogP contribution in [0.1, 0.15) is 45.8 Å². The molecule has 5 rings (SSSR count). The number of hydrogen-bond acceptors (Lipinski definition) is 5. The van der Waals surface area contributed by atoms with Crippen molar-refractivity contribution >= 4 is 11.8 Å². The highest BCUT2D eigenvalue weighted by atomic mass is 19.1. The number of carbonyl (C=O) groups excluding carboxylic acids is 2. The quantitative estimate of drug-likeness (QED) is 0.512. The summed E-state index contributed by atoms with van der Waals surface area (Å²) in [4.78, 5) is 42.0. The van der Waals surface area contributed by atoms with Crippen molar-refractivity contribution in [1.29, 1.82) is 0 Å². The van der Waals surface area contributed by atoms with Gasteiger partial charge in [-0.3, -0.25) is 14.4 Å². The number of fused-ring (bicyclic) bond motifs is 2. The molecule has 1 fully saturated rings. The fourth-order valence-corrected chi connectivity index (χ4v) is 4.77. The van der Waals surface area contributed by atoms with Gasteiger partial charge in [-0.05, 0) is 17.5 Å². The summed E-state index contributed by atoms with van der Waals surface area (Å²) < 4.78 is 40.6. The van der Waals surface area contributed by atoms with E-state index < -0.39 is 35.1 Å². The van der Waals surface area contributed by atoms with Crippen LogP contribution in [0, 0.1) is 17.6 Å². The smallest absolute Gasteiger partial charge is 0.276 e. The standard InChI is InChI=1S/C28H27F2N3O5/c1-16(2)22-15-37-23-13-32-12-20(27(35)31-11-18-8-9-19(29)10-21(18)30)25(34)26(24(32)28(36)33(22)23)38-14-17-6-4-3-5-7-17/h3-10,12,16,22-23H,11,13-15H2,1-2H3,(H,31,35)/t22-,23+/m0/s1. The lowest BCUT2D eigenvalue weighted by Crippen LogP contribution is -2.51. The third-order valence-corrected chi connectivity index (χ3v) is 6.85. The Morgan fingerprint density at radius 3 is 2.63 bits per heavy atom. The molecule has 2 aromatic carbocycles. The number of pyridine rings is 1. The van der Waals surface area contributed by atoms with Gasteiger partial charge in [-0.1, -0.05) is 50.2 Å². The Hall–Kier alpha value is -4.05. The number of carbonyl (C=O) groups is 2. The van der Waals surface area contributed by atoms with Crippen molar-refractivity contribution in [3.63, 3.8) is 0 Å². The van der Waals surface area contributed by atoms with Gasteiger partial charge in [-0.25, -0.2) is 8.78 Å². The average Bonchev–Trinajstić information content (AvgIpc) is 3.33. The SMILES string of the molecule is CC(C)[C@@H]1CO[C@@H]2Cn3cc(C(=O)NCc4ccc(F)cc4F)c(=O)c(OCc4ccccc4)c3C(=O)N21. The van der Waals surface area contributed by atoms with E-state index in [-0.39, 0.29) is 54.2 Å². The molecule has 38 heavy (non-hydrogen) atoms. The molecule has 1 aromatic heterocycles. The first-order chi connectivity index (χ1) is 18.2. The highest BCUT2D eigenvalue weighted by Crippen LogP contribution is 2.33. The number of aromatic nitrogens is 1. The molecule has 8 nitrogen and oxygen atoms in total. The highest BCUT2D eigenvalue weighted by molar-refractivity contribution is 5.99. The summed E-state index contributed by atoms with van der Waals surface area (Å²) in [6.07, 6.45) is 0.765.